The summed E-state index contributed by atoms with van der Waals surface area (Å²) < 4.78 is 15.7. The molecule has 1 heterocycles. The van der Waals surface area contributed by atoms with Gasteiger partial charge in [-0.05, 0) is 46.1 Å². The van der Waals surface area contributed by atoms with Crippen molar-refractivity contribution < 1.29 is 4.39 Å². The zero-order valence-corrected chi connectivity index (χ0v) is 11.9. The second-order valence-corrected chi connectivity index (χ2v) is 5.28. The molecular weight excluding hydrogens is 321 g/mol. The highest BCUT2D eigenvalue weighted by atomic mass is 79.9. The minimum absolute atomic E-state index is 0.0798. The van der Waals surface area contributed by atoms with E-state index in [0.29, 0.717) is 12.1 Å². The first-order valence-corrected chi connectivity index (χ1v) is 6.45. The van der Waals surface area contributed by atoms with Gasteiger partial charge in [0.05, 0.1) is 11.6 Å². The summed E-state index contributed by atoms with van der Waals surface area (Å²) in [4.78, 5) is 11.8. The van der Waals surface area contributed by atoms with E-state index in [-0.39, 0.29) is 10.6 Å². The van der Waals surface area contributed by atoms with Crippen LogP contribution in [0.25, 0.3) is 0 Å². The van der Waals surface area contributed by atoms with Gasteiger partial charge < -0.3 is 4.57 Å². The van der Waals surface area contributed by atoms with Gasteiger partial charge in [0.25, 0.3) is 5.56 Å². The van der Waals surface area contributed by atoms with E-state index in [1.807, 2.05) is 6.92 Å². The van der Waals surface area contributed by atoms with Gasteiger partial charge in [0.15, 0.2) is 0 Å². The third-order valence-electron chi connectivity index (χ3n) is 2.61. The fraction of sp³-hybridized carbons (Fsp3) is 0.154. The smallest absolute Gasteiger partial charge is 0.251 e. The van der Waals surface area contributed by atoms with Crippen molar-refractivity contribution in [3.05, 3.63) is 67.3 Å². The number of hydrogen-bond donors (Lipinski definition) is 0. The maximum Gasteiger partial charge on any atom is 0.251 e. The molecule has 18 heavy (non-hydrogen) atoms. The first-order valence-electron chi connectivity index (χ1n) is 5.28. The van der Waals surface area contributed by atoms with E-state index < -0.39 is 5.82 Å². The van der Waals surface area contributed by atoms with Gasteiger partial charge >= 0.3 is 0 Å². The molecule has 0 radical (unpaired) electrons. The summed E-state index contributed by atoms with van der Waals surface area (Å²) in [7, 11) is 0. The summed E-state index contributed by atoms with van der Waals surface area (Å²) >= 11 is 8.97. The molecular formula is C13H10BrClFNO. The molecule has 0 spiro atoms. The molecule has 0 bridgehead atoms. The molecule has 2 aromatic rings. The lowest BCUT2D eigenvalue weighted by Crippen LogP contribution is -2.19. The Morgan fingerprint density at radius 1 is 1.39 bits per heavy atom. The van der Waals surface area contributed by atoms with Crippen molar-refractivity contribution in [2.45, 2.75) is 13.5 Å². The van der Waals surface area contributed by atoms with Crippen molar-refractivity contribution in [1.29, 1.82) is 0 Å². The third-order valence-corrected chi connectivity index (χ3v) is 3.74. The van der Waals surface area contributed by atoms with Gasteiger partial charge in [-0.15, -0.1) is 0 Å². The molecule has 1 aromatic carbocycles. The Morgan fingerprint density at radius 3 is 2.78 bits per heavy atom. The van der Waals surface area contributed by atoms with Crippen LogP contribution in [0.3, 0.4) is 0 Å². The standard InChI is InChI=1S/C13H10BrClFNO/c1-8-4-13(18)17(7-10(8)14)6-9-2-3-11(15)12(16)5-9/h2-5,7H,6H2,1H3. The lowest BCUT2D eigenvalue weighted by atomic mass is 10.2. The van der Waals surface area contributed by atoms with Crippen LogP contribution in [0.1, 0.15) is 11.1 Å². The molecule has 0 aliphatic rings. The van der Waals surface area contributed by atoms with Crippen LogP contribution in [0, 0.1) is 12.7 Å². The Labute approximate surface area is 117 Å². The van der Waals surface area contributed by atoms with Gasteiger partial charge in [-0.3, -0.25) is 4.79 Å². The van der Waals surface area contributed by atoms with E-state index in [1.165, 1.54) is 22.8 Å². The molecule has 0 aliphatic carbocycles. The number of aryl methyl sites for hydroxylation is 1. The van der Waals surface area contributed by atoms with Gasteiger partial charge in [-0.2, -0.15) is 0 Å². The SMILES string of the molecule is Cc1cc(=O)n(Cc2ccc(Cl)c(F)c2)cc1Br. The summed E-state index contributed by atoms with van der Waals surface area (Å²) in [6.45, 7) is 2.16. The molecule has 0 fully saturated rings. The Hall–Kier alpha value is -1.13. The molecule has 0 N–H and O–H groups in total. The number of hydrogen-bond acceptors (Lipinski definition) is 1. The lowest BCUT2D eigenvalue weighted by Gasteiger charge is -2.08. The highest BCUT2D eigenvalue weighted by Gasteiger charge is 2.05. The molecule has 0 unspecified atom stereocenters. The Morgan fingerprint density at radius 2 is 2.11 bits per heavy atom. The van der Waals surface area contributed by atoms with Gasteiger partial charge in [0.2, 0.25) is 0 Å². The first kappa shape index (κ1) is 13.3. The summed E-state index contributed by atoms with van der Waals surface area (Å²) in [5.41, 5.74) is 1.44. The molecule has 0 aliphatic heterocycles. The molecule has 94 valence electrons. The number of aromatic nitrogens is 1. The van der Waals surface area contributed by atoms with Crippen LogP contribution in [0.4, 0.5) is 4.39 Å². The number of nitrogens with zero attached hydrogens (tertiary/aromatic N) is 1. The Bertz CT molecular complexity index is 654. The average molecular weight is 331 g/mol. The summed E-state index contributed by atoms with van der Waals surface area (Å²) in [6.07, 6.45) is 1.70. The maximum absolute atomic E-state index is 13.3. The number of rotatable bonds is 2. The normalized spacial score (nSPS) is 10.7. The van der Waals surface area contributed by atoms with Crippen LogP contribution in [-0.4, -0.2) is 4.57 Å². The van der Waals surface area contributed by atoms with Crippen LogP contribution in [0.2, 0.25) is 5.02 Å². The van der Waals surface area contributed by atoms with E-state index in [1.54, 1.807) is 12.3 Å². The number of pyridine rings is 1. The van der Waals surface area contributed by atoms with Gasteiger partial charge in [-0.25, -0.2) is 4.39 Å². The Kier molecular flexibility index (Phi) is 3.88. The second-order valence-electron chi connectivity index (χ2n) is 4.02. The minimum atomic E-state index is -0.478. The van der Waals surface area contributed by atoms with Crippen molar-refractivity contribution in [3.63, 3.8) is 0 Å². The largest absolute Gasteiger partial charge is 0.310 e. The van der Waals surface area contributed by atoms with Gasteiger partial charge in [-0.1, -0.05) is 17.7 Å². The molecule has 2 nitrogen and oxygen atoms in total. The second kappa shape index (κ2) is 5.24. The quantitative estimate of drug-likeness (QED) is 0.822. The Balaban J connectivity index is 2.37. The van der Waals surface area contributed by atoms with E-state index in [9.17, 15) is 9.18 Å². The van der Waals surface area contributed by atoms with Crippen LogP contribution in [0.5, 0.6) is 0 Å². The number of benzene rings is 1. The third kappa shape index (κ3) is 2.82. The molecule has 0 amide bonds. The van der Waals surface area contributed by atoms with E-state index in [4.69, 9.17) is 11.6 Å². The predicted molar refractivity (Wildman–Crippen MR) is 73.7 cm³/mol. The maximum atomic E-state index is 13.3. The van der Waals surface area contributed by atoms with Crippen molar-refractivity contribution >= 4 is 27.5 Å². The average Bonchev–Trinajstić information content (AvgIpc) is 2.31. The molecule has 0 saturated carbocycles. The van der Waals surface area contributed by atoms with Crippen LogP contribution in [-0.2, 0) is 6.54 Å². The monoisotopic (exact) mass is 329 g/mol. The van der Waals surface area contributed by atoms with Crippen molar-refractivity contribution in [2.24, 2.45) is 0 Å². The van der Waals surface area contributed by atoms with Gasteiger partial charge in [0, 0.05) is 16.7 Å². The zero-order valence-electron chi connectivity index (χ0n) is 9.58. The van der Waals surface area contributed by atoms with Crippen LogP contribution >= 0.6 is 27.5 Å². The summed E-state index contributed by atoms with van der Waals surface area (Å²) in [5.74, 6) is -0.478. The summed E-state index contributed by atoms with van der Waals surface area (Å²) in [6, 6.07) is 6.06. The van der Waals surface area contributed by atoms with Crippen molar-refractivity contribution in [3.8, 4) is 0 Å². The molecule has 5 heteroatoms. The highest BCUT2D eigenvalue weighted by molar-refractivity contribution is 9.10. The number of halogens is 3. The van der Waals surface area contributed by atoms with E-state index in [2.05, 4.69) is 15.9 Å². The predicted octanol–water partition coefficient (Wildman–Crippen LogP) is 3.76. The first-order chi connectivity index (χ1) is 8.47. The van der Waals surface area contributed by atoms with Gasteiger partial charge in [0.1, 0.15) is 5.82 Å². The minimum Gasteiger partial charge on any atom is -0.310 e. The summed E-state index contributed by atoms with van der Waals surface area (Å²) in [5, 5.41) is 0.0798. The van der Waals surface area contributed by atoms with E-state index >= 15 is 0 Å². The van der Waals surface area contributed by atoms with Crippen molar-refractivity contribution in [2.75, 3.05) is 0 Å². The topological polar surface area (TPSA) is 22.0 Å². The fourth-order valence-corrected chi connectivity index (χ4v) is 2.08. The zero-order chi connectivity index (χ0) is 13.3. The van der Waals surface area contributed by atoms with Crippen LogP contribution < -0.4 is 5.56 Å². The highest BCUT2D eigenvalue weighted by Crippen LogP contribution is 2.17. The molecule has 1 aromatic heterocycles. The van der Waals surface area contributed by atoms with Crippen molar-refractivity contribution in [1.82, 2.24) is 4.57 Å². The van der Waals surface area contributed by atoms with Crippen LogP contribution in [0.15, 0.2) is 39.7 Å². The van der Waals surface area contributed by atoms with E-state index in [0.717, 1.165) is 10.0 Å². The molecule has 0 saturated heterocycles. The lowest BCUT2D eigenvalue weighted by molar-refractivity contribution is 0.623. The molecule has 2 rings (SSSR count). The fourth-order valence-electron chi connectivity index (χ4n) is 1.60. The molecule has 0 atom stereocenters.